The maximum Gasteiger partial charge on any atom is 0.261 e. The number of nitrogens with zero attached hydrogens (tertiary/aromatic N) is 1. The van der Waals surface area contributed by atoms with Gasteiger partial charge in [0.05, 0.1) is 17.5 Å². The van der Waals surface area contributed by atoms with Crippen molar-refractivity contribution in [3.05, 3.63) is 56.7 Å². The normalized spacial score (nSPS) is 16.1. The number of carbonyl (C=O) groups excluding carboxylic acids is 1. The Kier molecular flexibility index (Phi) is 6.48. The van der Waals surface area contributed by atoms with E-state index in [0.29, 0.717) is 13.2 Å². The summed E-state index contributed by atoms with van der Waals surface area (Å²) in [5.41, 5.74) is 2.09. The first-order valence-electron chi connectivity index (χ1n) is 8.52. The second kappa shape index (κ2) is 8.81. The van der Waals surface area contributed by atoms with E-state index in [4.69, 9.17) is 16.3 Å². The third-order valence-corrected chi connectivity index (χ3v) is 5.71. The van der Waals surface area contributed by atoms with Gasteiger partial charge in [-0.25, -0.2) is 0 Å². The Bertz CT molecular complexity index is 713. The number of hydrogen-bond acceptors (Lipinski definition) is 4. The van der Waals surface area contributed by atoms with Crippen molar-refractivity contribution in [2.24, 2.45) is 0 Å². The lowest BCUT2D eigenvalue weighted by atomic mass is 10.1. The molecule has 0 saturated carbocycles. The van der Waals surface area contributed by atoms with Gasteiger partial charge in [0.2, 0.25) is 0 Å². The fraction of sp³-hybridized carbons (Fsp3) is 0.421. The first-order valence-corrected chi connectivity index (χ1v) is 9.78. The van der Waals surface area contributed by atoms with Crippen molar-refractivity contribution in [3.8, 4) is 0 Å². The Hall–Kier alpha value is -1.40. The molecule has 1 atom stereocenters. The molecule has 1 aromatic heterocycles. The Balaban J connectivity index is 1.72. The summed E-state index contributed by atoms with van der Waals surface area (Å²) < 4.78 is 5.17. The molecule has 6 heteroatoms. The highest BCUT2D eigenvalue weighted by Gasteiger charge is 2.25. The van der Waals surface area contributed by atoms with E-state index < -0.39 is 0 Å². The van der Waals surface area contributed by atoms with Crippen LogP contribution in [0.4, 0.5) is 0 Å². The second-order valence-corrected chi connectivity index (χ2v) is 7.58. The quantitative estimate of drug-likeness (QED) is 0.788. The molecule has 0 unspecified atom stereocenters. The number of benzene rings is 1. The van der Waals surface area contributed by atoms with Crippen molar-refractivity contribution in [3.63, 3.8) is 0 Å². The number of methoxy groups -OCH3 is 1. The Morgan fingerprint density at radius 2 is 2.16 bits per heavy atom. The summed E-state index contributed by atoms with van der Waals surface area (Å²) >= 11 is 7.63. The van der Waals surface area contributed by atoms with E-state index in [-0.39, 0.29) is 11.9 Å². The van der Waals surface area contributed by atoms with Gasteiger partial charge in [0.1, 0.15) is 0 Å². The molecule has 1 amide bonds. The van der Waals surface area contributed by atoms with Crippen molar-refractivity contribution in [2.45, 2.75) is 25.5 Å². The first-order chi connectivity index (χ1) is 12.2. The van der Waals surface area contributed by atoms with E-state index >= 15 is 0 Å². The molecule has 2 aromatic rings. The first kappa shape index (κ1) is 18.4. The van der Waals surface area contributed by atoms with Crippen LogP contribution in [0.2, 0.25) is 5.02 Å². The van der Waals surface area contributed by atoms with Crippen molar-refractivity contribution < 1.29 is 9.53 Å². The van der Waals surface area contributed by atoms with Gasteiger partial charge in [0.25, 0.3) is 5.91 Å². The van der Waals surface area contributed by atoms with E-state index in [2.05, 4.69) is 16.3 Å². The molecule has 3 rings (SSSR count). The van der Waals surface area contributed by atoms with Gasteiger partial charge in [0, 0.05) is 24.2 Å². The van der Waals surface area contributed by atoms with Crippen LogP contribution in [0.3, 0.4) is 0 Å². The van der Waals surface area contributed by atoms with Crippen molar-refractivity contribution in [1.82, 2.24) is 10.2 Å². The average molecular weight is 379 g/mol. The van der Waals surface area contributed by atoms with Crippen molar-refractivity contribution in [2.75, 3.05) is 26.7 Å². The van der Waals surface area contributed by atoms with Crippen LogP contribution in [0, 0.1) is 0 Å². The summed E-state index contributed by atoms with van der Waals surface area (Å²) in [5, 5.41) is 5.77. The van der Waals surface area contributed by atoms with E-state index in [1.807, 2.05) is 29.6 Å². The molecule has 1 N–H and O–H groups in total. The Labute approximate surface area is 157 Å². The molecule has 25 heavy (non-hydrogen) atoms. The Morgan fingerprint density at radius 3 is 2.88 bits per heavy atom. The van der Waals surface area contributed by atoms with Gasteiger partial charge in [-0.1, -0.05) is 23.7 Å². The fourth-order valence-corrected chi connectivity index (χ4v) is 4.32. The maximum atomic E-state index is 12.6. The van der Waals surface area contributed by atoms with E-state index in [1.165, 1.54) is 24.2 Å². The monoisotopic (exact) mass is 378 g/mol. The lowest BCUT2D eigenvalue weighted by Crippen LogP contribution is -2.36. The third-order valence-electron chi connectivity index (χ3n) is 4.52. The Morgan fingerprint density at radius 1 is 1.36 bits per heavy atom. The van der Waals surface area contributed by atoms with Gasteiger partial charge in [-0.05, 0) is 55.1 Å². The molecule has 1 aliphatic heterocycles. The van der Waals surface area contributed by atoms with Gasteiger partial charge in [-0.15, -0.1) is 11.3 Å². The molecule has 134 valence electrons. The zero-order valence-electron chi connectivity index (χ0n) is 14.3. The molecule has 0 radical (unpaired) electrons. The van der Waals surface area contributed by atoms with Crippen LogP contribution in [0.25, 0.3) is 0 Å². The van der Waals surface area contributed by atoms with E-state index in [1.54, 1.807) is 7.11 Å². The summed E-state index contributed by atoms with van der Waals surface area (Å²) in [5.74, 6) is -0.0340. The van der Waals surface area contributed by atoms with Crippen LogP contribution in [0.1, 0.15) is 39.7 Å². The number of halogens is 1. The van der Waals surface area contributed by atoms with Crippen LogP contribution in [0.5, 0.6) is 0 Å². The molecule has 0 spiro atoms. The summed E-state index contributed by atoms with van der Waals surface area (Å²) in [6.07, 6.45) is 2.40. The predicted octanol–water partition coefficient (Wildman–Crippen LogP) is 4.11. The molecular formula is C19H23ClN2O2S. The van der Waals surface area contributed by atoms with Crippen molar-refractivity contribution >= 4 is 28.8 Å². The van der Waals surface area contributed by atoms with Crippen molar-refractivity contribution in [1.29, 1.82) is 0 Å². The summed E-state index contributed by atoms with van der Waals surface area (Å²) in [4.78, 5) is 15.8. The number of hydrogen-bond donors (Lipinski definition) is 1. The van der Waals surface area contributed by atoms with Crippen LogP contribution in [0.15, 0.2) is 35.7 Å². The molecule has 1 aliphatic rings. The average Bonchev–Trinajstić information content (AvgIpc) is 3.27. The van der Waals surface area contributed by atoms with Crippen LogP contribution >= 0.6 is 22.9 Å². The highest BCUT2D eigenvalue weighted by molar-refractivity contribution is 7.12. The highest BCUT2D eigenvalue weighted by Crippen LogP contribution is 2.27. The van der Waals surface area contributed by atoms with Gasteiger partial charge >= 0.3 is 0 Å². The zero-order valence-corrected chi connectivity index (χ0v) is 15.9. The minimum Gasteiger partial charge on any atom is -0.380 e. The molecular weight excluding hydrogens is 356 g/mol. The predicted molar refractivity (Wildman–Crippen MR) is 102 cm³/mol. The number of likely N-dealkylation sites (tertiary alicyclic amines) is 1. The number of ether oxygens (including phenoxy) is 1. The minimum absolute atomic E-state index is 0.0340. The SMILES string of the molecule is COCc1ccsc1C(=O)NC[C@H](c1cccc(Cl)c1)N1CCCC1. The summed E-state index contributed by atoms with van der Waals surface area (Å²) in [6.45, 7) is 3.14. The zero-order chi connectivity index (χ0) is 17.6. The van der Waals surface area contributed by atoms with Gasteiger partial charge in [-0.2, -0.15) is 0 Å². The molecule has 4 nitrogen and oxygen atoms in total. The van der Waals surface area contributed by atoms with Gasteiger partial charge in [0.15, 0.2) is 0 Å². The van der Waals surface area contributed by atoms with Crippen LogP contribution < -0.4 is 5.32 Å². The molecule has 0 aliphatic carbocycles. The largest absolute Gasteiger partial charge is 0.380 e. The van der Waals surface area contributed by atoms with Gasteiger partial charge < -0.3 is 10.1 Å². The smallest absolute Gasteiger partial charge is 0.261 e. The highest BCUT2D eigenvalue weighted by atomic mass is 35.5. The molecule has 0 bridgehead atoms. The fourth-order valence-electron chi connectivity index (χ4n) is 3.30. The summed E-state index contributed by atoms with van der Waals surface area (Å²) in [7, 11) is 1.64. The number of thiophene rings is 1. The third kappa shape index (κ3) is 4.61. The molecule has 1 fully saturated rings. The second-order valence-electron chi connectivity index (χ2n) is 6.23. The van der Waals surface area contributed by atoms with Crippen LogP contribution in [-0.4, -0.2) is 37.6 Å². The standard InChI is InChI=1S/C19H23ClN2O2S/c1-24-13-15-7-10-25-18(15)19(23)21-12-17(22-8-2-3-9-22)14-5-4-6-16(20)11-14/h4-7,10-11,17H,2-3,8-9,12-13H2,1H3,(H,21,23)/t17-/m1/s1. The maximum absolute atomic E-state index is 12.6. The minimum atomic E-state index is -0.0340. The lowest BCUT2D eigenvalue weighted by Gasteiger charge is -2.28. The number of rotatable bonds is 7. The van der Waals surface area contributed by atoms with E-state index in [0.717, 1.165) is 34.1 Å². The number of amides is 1. The molecule has 1 aromatic carbocycles. The summed E-state index contributed by atoms with van der Waals surface area (Å²) in [6, 6.07) is 10.0. The topological polar surface area (TPSA) is 41.6 Å². The lowest BCUT2D eigenvalue weighted by molar-refractivity contribution is 0.0937. The van der Waals surface area contributed by atoms with Crippen LogP contribution in [-0.2, 0) is 11.3 Å². The molecule has 1 saturated heterocycles. The number of carbonyl (C=O) groups is 1. The van der Waals surface area contributed by atoms with Gasteiger partial charge in [-0.3, -0.25) is 9.69 Å². The number of nitrogens with one attached hydrogen (secondary N) is 1. The molecule has 2 heterocycles. The van der Waals surface area contributed by atoms with E-state index in [9.17, 15) is 4.79 Å².